The van der Waals surface area contributed by atoms with E-state index < -0.39 is 0 Å². The maximum Gasteiger partial charge on any atom is 0.0435 e. The third-order valence-electron chi connectivity index (χ3n) is 6.08. The summed E-state index contributed by atoms with van der Waals surface area (Å²) >= 11 is 0. The molecule has 1 aromatic heterocycles. The molecule has 2 aliphatic heterocycles. The molecule has 0 unspecified atom stereocenters. The van der Waals surface area contributed by atoms with Gasteiger partial charge in [0, 0.05) is 43.0 Å². The number of aromatic nitrogens is 1. The highest BCUT2D eigenvalue weighted by molar-refractivity contribution is 5.23. The Morgan fingerprint density at radius 3 is 2.12 bits per heavy atom. The molecule has 0 radical (unpaired) electrons. The Labute approximate surface area is 154 Å². The van der Waals surface area contributed by atoms with Crippen molar-refractivity contribution in [3.8, 4) is 0 Å². The summed E-state index contributed by atoms with van der Waals surface area (Å²) in [4.78, 5) is 10.1. The summed E-state index contributed by atoms with van der Waals surface area (Å²) in [6.07, 6.45) is 4.62. The van der Waals surface area contributed by atoms with E-state index in [0.29, 0.717) is 11.5 Å². The first-order valence-corrected chi connectivity index (χ1v) is 10.1. The smallest absolute Gasteiger partial charge is 0.0435 e. The third-order valence-corrected chi connectivity index (χ3v) is 6.08. The van der Waals surface area contributed by atoms with E-state index in [9.17, 15) is 0 Å². The van der Waals surface area contributed by atoms with Crippen LogP contribution >= 0.6 is 0 Å². The van der Waals surface area contributed by atoms with Gasteiger partial charge in [0.05, 0.1) is 0 Å². The van der Waals surface area contributed by atoms with E-state index in [1.54, 1.807) is 0 Å². The summed E-state index contributed by atoms with van der Waals surface area (Å²) in [6, 6.07) is 4.55. The van der Waals surface area contributed by atoms with Crippen LogP contribution in [0.4, 0.5) is 0 Å². The van der Waals surface area contributed by atoms with Gasteiger partial charge >= 0.3 is 0 Å². The molecule has 0 amide bonds. The Bertz CT molecular complexity index is 550. The topological polar surface area (TPSA) is 19.4 Å². The zero-order valence-electron chi connectivity index (χ0n) is 17.2. The highest BCUT2D eigenvalue weighted by Crippen LogP contribution is 2.31. The average molecular weight is 344 g/mol. The summed E-state index contributed by atoms with van der Waals surface area (Å²) in [5.74, 6) is 1.53. The van der Waals surface area contributed by atoms with Crippen LogP contribution in [-0.4, -0.2) is 53.0 Å². The predicted octanol–water partition coefficient (Wildman–Crippen LogP) is 4.29. The van der Waals surface area contributed by atoms with Gasteiger partial charge in [-0.05, 0) is 69.7 Å². The molecule has 140 valence electrons. The van der Waals surface area contributed by atoms with Crippen LogP contribution in [-0.2, 0) is 5.41 Å². The molecule has 0 aromatic carbocycles. The Hall–Kier alpha value is -0.930. The monoisotopic (exact) mass is 343 g/mol. The number of rotatable bonds is 3. The van der Waals surface area contributed by atoms with Crippen LogP contribution in [0.2, 0.25) is 0 Å². The molecule has 0 atom stereocenters. The normalized spacial score (nSPS) is 22.2. The number of pyridine rings is 1. The molecule has 2 fully saturated rings. The van der Waals surface area contributed by atoms with E-state index in [1.807, 2.05) is 0 Å². The molecule has 0 bridgehead atoms. The average Bonchev–Trinajstić information content (AvgIpc) is 2.49. The molecule has 0 N–H and O–H groups in total. The molecule has 3 rings (SSSR count). The first-order chi connectivity index (χ1) is 11.6. The Morgan fingerprint density at radius 1 is 1.00 bits per heavy atom. The second-order valence-corrected chi connectivity index (χ2v) is 10.2. The molecule has 3 heterocycles. The van der Waals surface area contributed by atoms with Crippen molar-refractivity contribution in [3.63, 3.8) is 0 Å². The summed E-state index contributed by atoms with van der Waals surface area (Å²) in [6.45, 7) is 20.1. The van der Waals surface area contributed by atoms with E-state index in [1.165, 1.54) is 56.8 Å². The Morgan fingerprint density at radius 2 is 1.64 bits per heavy atom. The zero-order valence-corrected chi connectivity index (χ0v) is 17.2. The van der Waals surface area contributed by atoms with Crippen molar-refractivity contribution in [1.82, 2.24) is 14.8 Å². The Kier molecular flexibility index (Phi) is 5.28. The van der Waals surface area contributed by atoms with Gasteiger partial charge in [0.2, 0.25) is 0 Å². The molecule has 0 spiro atoms. The van der Waals surface area contributed by atoms with Crippen LogP contribution in [0.3, 0.4) is 0 Å². The fourth-order valence-electron chi connectivity index (χ4n) is 4.10. The quantitative estimate of drug-likeness (QED) is 0.816. The van der Waals surface area contributed by atoms with Crippen LogP contribution < -0.4 is 0 Å². The lowest BCUT2D eigenvalue weighted by Gasteiger charge is -2.49. The zero-order chi connectivity index (χ0) is 18.2. The maximum atomic E-state index is 4.79. The van der Waals surface area contributed by atoms with Crippen molar-refractivity contribution < 1.29 is 0 Å². The van der Waals surface area contributed by atoms with E-state index in [0.717, 1.165) is 5.92 Å². The van der Waals surface area contributed by atoms with Crippen molar-refractivity contribution in [3.05, 3.63) is 29.6 Å². The van der Waals surface area contributed by atoms with Gasteiger partial charge in [0.1, 0.15) is 0 Å². The van der Waals surface area contributed by atoms with Gasteiger partial charge in [0.25, 0.3) is 0 Å². The lowest BCUT2D eigenvalue weighted by atomic mass is 9.86. The predicted molar refractivity (Wildman–Crippen MR) is 106 cm³/mol. The van der Waals surface area contributed by atoms with Crippen molar-refractivity contribution in [2.24, 2.45) is 5.92 Å². The van der Waals surface area contributed by atoms with Crippen molar-refractivity contribution >= 4 is 0 Å². The standard InChI is InChI=1S/C22H37N3/c1-21(2,3)19-7-8-20(23-13-19)18-9-11-24(12-10-18)14-17-15-25(16-17)22(4,5)6/h7-8,13,17-18H,9-12,14-16H2,1-6H3. The minimum Gasteiger partial charge on any atom is -0.303 e. The lowest BCUT2D eigenvalue weighted by molar-refractivity contribution is -0.00495. The first-order valence-electron chi connectivity index (χ1n) is 10.1. The molecule has 0 aliphatic carbocycles. The van der Waals surface area contributed by atoms with Crippen molar-refractivity contribution in [2.45, 2.75) is 71.3 Å². The fraction of sp³-hybridized carbons (Fsp3) is 0.773. The second-order valence-electron chi connectivity index (χ2n) is 10.2. The van der Waals surface area contributed by atoms with E-state index in [2.05, 4.69) is 69.7 Å². The lowest BCUT2D eigenvalue weighted by Crippen LogP contribution is -2.58. The largest absolute Gasteiger partial charge is 0.303 e. The molecule has 2 saturated heterocycles. The first kappa shape index (κ1) is 18.8. The van der Waals surface area contributed by atoms with Crippen LogP contribution in [0.15, 0.2) is 18.3 Å². The highest BCUT2D eigenvalue weighted by Gasteiger charge is 2.35. The second kappa shape index (κ2) is 7.00. The number of hydrogen-bond donors (Lipinski definition) is 0. The minimum atomic E-state index is 0.193. The van der Waals surface area contributed by atoms with Crippen LogP contribution in [0.1, 0.15) is 71.6 Å². The maximum absolute atomic E-state index is 4.79. The van der Waals surface area contributed by atoms with Gasteiger partial charge < -0.3 is 4.90 Å². The summed E-state index contributed by atoms with van der Waals surface area (Å²) in [5, 5.41) is 0. The highest BCUT2D eigenvalue weighted by atomic mass is 15.3. The number of hydrogen-bond acceptors (Lipinski definition) is 3. The number of piperidine rings is 1. The van der Waals surface area contributed by atoms with E-state index >= 15 is 0 Å². The molecule has 3 nitrogen and oxygen atoms in total. The van der Waals surface area contributed by atoms with Gasteiger partial charge in [-0.15, -0.1) is 0 Å². The van der Waals surface area contributed by atoms with Gasteiger partial charge in [-0.1, -0.05) is 26.8 Å². The van der Waals surface area contributed by atoms with Crippen molar-refractivity contribution in [2.75, 3.05) is 32.7 Å². The summed E-state index contributed by atoms with van der Waals surface area (Å²) < 4.78 is 0. The number of likely N-dealkylation sites (tertiary alicyclic amines) is 2. The van der Waals surface area contributed by atoms with Gasteiger partial charge in [-0.25, -0.2) is 0 Å². The molecule has 2 aliphatic rings. The molecular weight excluding hydrogens is 306 g/mol. The van der Waals surface area contributed by atoms with Crippen LogP contribution in [0.25, 0.3) is 0 Å². The molecule has 0 saturated carbocycles. The molecular formula is C22H37N3. The molecule has 25 heavy (non-hydrogen) atoms. The molecule has 1 aromatic rings. The van der Waals surface area contributed by atoms with Crippen LogP contribution in [0.5, 0.6) is 0 Å². The summed E-state index contributed by atoms with van der Waals surface area (Å²) in [7, 11) is 0. The van der Waals surface area contributed by atoms with E-state index in [-0.39, 0.29) is 5.41 Å². The number of nitrogens with zero attached hydrogens (tertiary/aromatic N) is 3. The van der Waals surface area contributed by atoms with Crippen LogP contribution in [0, 0.1) is 5.92 Å². The van der Waals surface area contributed by atoms with Gasteiger partial charge in [-0.2, -0.15) is 0 Å². The van der Waals surface area contributed by atoms with Crippen molar-refractivity contribution in [1.29, 1.82) is 0 Å². The minimum absolute atomic E-state index is 0.193. The summed E-state index contributed by atoms with van der Waals surface area (Å²) in [5.41, 5.74) is 3.17. The molecule has 3 heteroatoms. The fourth-order valence-corrected chi connectivity index (χ4v) is 4.10. The third kappa shape index (κ3) is 4.62. The van der Waals surface area contributed by atoms with E-state index in [4.69, 9.17) is 4.98 Å². The van der Waals surface area contributed by atoms with Gasteiger partial charge in [0.15, 0.2) is 0 Å². The Balaban J connectivity index is 1.45. The SMILES string of the molecule is CC(C)(C)c1ccc(C2CCN(CC3CN(C(C)(C)C)C3)CC2)nc1. The van der Waals surface area contributed by atoms with Gasteiger partial charge in [-0.3, -0.25) is 9.88 Å².